The third-order valence-corrected chi connectivity index (χ3v) is 3.08. The molecule has 0 amide bonds. The van der Waals surface area contributed by atoms with Gasteiger partial charge in [0.15, 0.2) is 0 Å². The van der Waals surface area contributed by atoms with Gasteiger partial charge in [-0.05, 0) is 12.8 Å². The third-order valence-electron chi connectivity index (χ3n) is 2.29. The molecule has 0 unspecified atom stereocenters. The van der Waals surface area contributed by atoms with Crippen molar-refractivity contribution in [3.63, 3.8) is 0 Å². The van der Waals surface area contributed by atoms with Crippen LogP contribution in [0.4, 0.5) is 0 Å². The lowest BCUT2D eigenvalue weighted by Crippen LogP contribution is -2.34. The zero-order valence-electron chi connectivity index (χ0n) is 8.55. The van der Waals surface area contributed by atoms with Crippen molar-refractivity contribution in [1.29, 1.82) is 0 Å². The van der Waals surface area contributed by atoms with Gasteiger partial charge in [0.05, 0.1) is 4.20 Å². The van der Waals surface area contributed by atoms with Crippen LogP contribution in [0.25, 0.3) is 0 Å². The van der Waals surface area contributed by atoms with Crippen LogP contribution in [0.1, 0.15) is 52.4 Å². The summed E-state index contributed by atoms with van der Waals surface area (Å²) in [7, 11) is 0. The van der Waals surface area contributed by atoms with Crippen molar-refractivity contribution < 1.29 is 5.11 Å². The maximum atomic E-state index is 10.1. The quantitative estimate of drug-likeness (QED) is 0.507. The van der Waals surface area contributed by atoms with Gasteiger partial charge in [0.25, 0.3) is 0 Å². The predicted octanol–water partition coefficient (Wildman–Crippen LogP) is 3.36. The van der Waals surface area contributed by atoms with Crippen molar-refractivity contribution in [3.05, 3.63) is 0 Å². The van der Waals surface area contributed by atoms with Crippen LogP contribution in [0.3, 0.4) is 0 Å². The molecule has 0 aromatic rings. The molecule has 3 heteroatoms. The molecule has 0 radical (unpaired) electrons. The zero-order chi connectivity index (χ0) is 10.3. The number of hydrogen-bond acceptors (Lipinski definition) is 2. The number of hydrogen-bond donors (Lipinski definition) is 2. The van der Waals surface area contributed by atoms with E-state index in [4.69, 9.17) is 12.2 Å². The van der Waals surface area contributed by atoms with Gasteiger partial charge < -0.3 is 5.11 Å². The molecular formula is C10H20OS2. The lowest BCUT2D eigenvalue weighted by Gasteiger charge is -2.26. The molecular weight excluding hydrogens is 200 g/mol. The Hall–Kier alpha value is 0.400. The summed E-state index contributed by atoms with van der Waals surface area (Å²) in [5.74, 6) is 0. The van der Waals surface area contributed by atoms with Crippen LogP contribution in [0.15, 0.2) is 0 Å². The SMILES string of the molecule is CCCCC(O)(CCCC)C(=S)S. The fraction of sp³-hybridized carbons (Fsp3) is 0.900. The first-order valence-corrected chi connectivity index (χ1v) is 5.88. The molecule has 1 N–H and O–H groups in total. The largest absolute Gasteiger partial charge is 0.384 e. The maximum Gasteiger partial charge on any atom is 0.105 e. The molecule has 13 heavy (non-hydrogen) atoms. The average Bonchev–Trinajstić information content (AvgIpc) is 2.11. The first-order valence-electron chi connectivity index (χ1n) is 5.02. The Balaban J connectivity index is 4.08. The summed E-state index contributed by atoms with van der Waals surface area (Å²) in [4.78, 5) is 0. The summed E-state index contributed by atoms with van der Waals surface area (Å²) in [6.07, 6.45) is 5.72. The zero-order valence-corrected chi connectivity index (χ0v) is 10.3. The fourth-order valence-electron chi connectivity index (χ4n) is 1.28. The smallest absolute Gasteiger partial charge is 0.105 e. The number of rotatable bonds is 7. The van der Waals surface area contributed by atoms with E-state index in [1.807, 2.05) is 0 Å². The molecule has 0 aliphatic carbocycles. The first-order chi connectivity index (χ1) is 6.06. The van der Waals surface area contributed by atoms with E-state index in [2.05, 4.69) is 26.5 Å². The Morgan fingerprint density at radius 3 is 1.85 bits per heavy atom. The summed E-state index contributed by atoms with van der Waals surface area (Å²) in [6.45, 7) is 4.23. The van der Waals surface area contributed by atoms with Crippen molar-refractivity contribution in [2.24, 2.45) is 0 Å². The summed E-state index contributed by atoms with van der Waals surface area (Å²) >= 11 is 9.08. The van der Waals surface area contributed by atoms with E-state index in [1.54, 1.807) is 0 Å². The molecule has 0 saturated heterocycles. The summed E-state index contributed by atoms with van der Waals surface area (Å²) < 4.78 is 0.453. The van der Waals surface area contributed by atoms with Crippen LogP contribution in [0.2, 0.25) is 0 Å². The summed E-state index contributed by atoms with van der Waals surface area (Å²) in [6, 6.07) is 0. The monoisotopic (exact) mass is 220 g/mol. The second-order valence-corrected chi connectivity index (χ2v) is 4.70. The molecule has 78 valence electrons. The lowest BCUT2D eigenvalue weighted by atomic mass is 9.93. The standard InChI is InChI=1S/C10H20OS2/c1-3-5-7-10(11,9(12)13)8-6-4-2/h11H,3-8H2,1-2H3,(H,12,13). The normalized spacial score (nSPS) is 11.7. The van der Waals surface area contributed by atoms with E-state index in [-0.39, 0.29) is 0 Å². The molecule has 0 aromatic heterocycles. The topological polar surface area (TPSA) is 20.2 Å². The van der Waals surface area contributed by atoms with Crippen molar-refractivity contribution in [2.75, 3.05) is 0 Å². The predicted molar refractivity (Wildman–Crippen MR) is 65.6 cm³/mol. The fourth-order valence-corrected chi connectivity index (χ4v) is 1.71. The van der Waals surface area contributed by atoms with Gasteiger partial charge in [-0.15, -0.1) is 12.6 Å². The number of unbranched alkanes of at least 4 members (excludes halogenated alkanes) is 2. The molecule has 0 aliphatic heterocycles. The number of thiocarbonyl (C=S) groups is 1. The number of aliphatic hydroxyl groups is 1. The summed E-state index contributed by atoms with van der Waals surface area (Å²) in [5.41, 5.74) is -0.801. The first kappa shape index (κ1) is 13.4. The molecule has 1 nitrogen and oxygen atoms in total. The molecule has 0 aliphatic rings. The average molecular weight is 220 g/mol. The minimum absolute atomic E-state index is 0.453. The highest BCUT2D eigenvalue weighted by Gasteiger charge is 2.28. The van der Waals surface area contributed by atoms with Crippen molar-refractivity contribution in [2.45, 2.75) is 58.0 Å². The molecule has 0 fully saturated rings. The van der Waals surface area contributed by atoms with Gasteiger partial charge >= 0.3 is 0 Å². The van der Waals surface area contributed by atoms with Gasteiger partial charge in [-0.3, -0.25) is 0 Å². The van der Waals surface area contributed by atoms with Gasteiger partial charge in [-0.1, -0.05) is 51.7 Å². The minimum atomic E-state index is -0.801. The Kier molecular flexibility index (Phi) is 7.00. The molecule has 0 atom stereocenters. The van der Waals surface area contributed by atoms with Crippen molar-refractivity contribution in [1.82, 2.24) is 0 Å². The van der Waals surface area contributed by atoms with E-state index in [0.717, 1.165) is 38.5 Å². The maximum absolute atomic E-state index is 10.1. The molecule has 0 saturated carbocycles. The van der Waals surface area contributed by atoms with Gasteiger partial charge in [-0.25, -0.2) is 0 Å². The Morgan fingerprint density at radius 2 is 1.62 bits per heavy atom. The Bertz CT molecular complexity index is 149. The van der Waals surface area contributed by atoms with Gasteiger partial charge in [0.1, 0.15) is 5.60 Å². The van der Waals surface area contributed by atoms with E-state index in [9.17, 15) is 5.11 Å². The van der Waals surface area contributed by atoms with Crippen molar-refractivity contribution in [3.8, 4) is 0 Å². The minimum Gasteiger partial charge on any atom is -0.384 e. The molecule has 0 heterocycles. The van der Waals surface area contributed by atoms with E-state index >= 15 is 0 Å². The van der Waals surface area contributed by atoms with Crippen LogP contribution in [-0.4, -0.2) is 14.9 Å². The van der Waals surface area contributed by atoms with E-state index < -0.39 is 5.60 Å². The highest BCUT2D eigenvalue weighted by molar-refractivity contribution is 8.11. The lowest BCUT2D eigenvalue weighted by molar-refractivity contribution is 0.0933. The van der Waals surface area contributed by atoms with Crippen molar-refractivity contribution >= 4 is 29.0 Å². The van der Waals surface area contributed by atoms with E-state index in [1.165, 1.54) is 0 Å². The molecule has 0 bridgehead atoms. The van der Waals surface area contributed by atoms with Crippen LogP contribution < -0.4 is 0 Å². The third kappa shape index (κ3) is 4.99. The summed E-state index contributed by atoms with van der Waals surface area (Å²) in [5, 5.41) is 10.1. The Labute approximate surface area is 92.3 Å². The van der Waals surface area contributed by atoms with Crippen LogP contribution >= 0.6 is 24.8 Å². The van der Waals surface area contributed by atoms with Gasteiger partial charge in [0, 0.05) is 0 Å². The second-order valence-electron chi connectivity index (χ2n) is 3.54. The second kappa shape index (κ2) is 6.80. The highest BCUT2D eigenvalue weighted by atomic mass is 32.1. The molecule has 0 aromatic carbocycles. The number of thiol groups is 1. The van der Waals surface area contributed by atoms with Crippen LogP contribution in [-0.2, 0) is 0 Å². The van der Waals surface area contributed by atoms with Gasteiger partial charge in [0.2, 0.25) is 0 Å². The van der Waals surface area contributed by atoms with Crippen LogP contribution in [0, 0.1) is 0 Å². The molecule has 0 rings (SSSR count). The van der Waals surface area contributed by atoms with E-state index in [0.29, 0.717) is 4.20 Å². The van der Waals surface area contributed by atoms with Crippen LogP contribution in [0.5, 0.6) is 0 Å². The molecule has 0 spiro atoms. The highest BCUT2D eigenvalue weighted by Crippen LogP contribution is 2.25. The Morgan fingerprint density at radius 1 is 1.23 bits per heavy atom. The van der Waals surface area contributed by atoms with Gasteiger partial charge in [-0.2, -0.15) is 0 Å².